The molecule has 1 fully saturated rings. The highest BCUT2D eigenvalue weighted by molar-refractivity contribution is 5.92. The van der Waals surface area contributed by atoms with Crippen LogP contribution in [0.25, 0.3) is 10.9 Å². The molecule has 0 radical (unpaired) electrons. The fourth-order valence-corrected chi connectivity index (χ4v) is 4.25. The lowest BCUT2D eigenvalue weighted by molar-refractivity contribution is -0.138. The predicted molar refractivity (Wildman–Crippen MR) is 121 cm³/mol. The predicted octanol–water partition coefficient (Wildman–Crippen LogP) is 4.03. The van der Waals surface area contributed by atoms with Crippen molar-refractivity contribution in [2.75, 3.05) is 13.1 Å². The van der Waals surface area contributed by atoms with Crippen LogP contribution in [0.15, 0.2) is 35.3 Å². The number of aromatic nitrogens is 3. The zero-order valence-electron chi connectivity index (χ0n) is 19.6. The van der Waals surface area contributed by atoms with E-state index < -0.39 is 23.4 Å². The summed E-state index contributed by atoms with van der Waals surface area (Å²) in [5.41, 5.74) is -1.54. The van der Waals surface area contributed by atoms with Gasteiger partial charge in [-0.15, -0.1) is 0 Å². The Labute approximate surface area is 199 Å². The second kappa shape index (κ2) is 9.29. The van der Waals surface area contributed by atoms with E-state index in [1.54, 1.807) is 4.90 Å². The number of pyridine rings is 1. The minimum Gasteiger partial charge on any atom is -0.484 e. The monoisotopic (exact) mass is 490 g/mol. The van der Waals surface area contributed by atoms with Crippen LogP contribution in [0.2, 0.25) is 0 Å². The minimum atomic E-state index is -4.68. The quantitative estimate of drug-likeness (QED) is 0.593. The fraction of sp³-hybridized carbons (Fsp3) is 0.417. The van der Waals surface area contributed by atoms with Crippen molar-refractivity contribution < 1.29 is 27.4 Å². The molecule has 3 atom stereocenters. The van der Waals surface area contributed by atoms with E-state index in [-0.39, 0.29) is 51.8 Å². The molecule has 11 heteroatoms. The van der Waals surface area contributed by atoms with E-state index in [0.717, 1.165) is 12.1 Å². The lowest BCUT2D eigenvalue weighted by atomic mass is 10.00. The Hall–Kier alpha value is -3.47. The normalized spacial score (nSPS) is 19.6. The molecule has 1 amide bonds. The number of ether oxygens (including phenoxy) is 2. The topological polar surface area (TPSA) is 97.4 Å². The standard InChI is InChI=1S/C24H25F3N4O4/c1-12-10-31(11-13(2)34-12)23(33)20-6-5-16(9-28-20)35-14(3)17-7-18-21(8-19(17)24(25,26)27)29-15(4)30-22(18)32/h5-9,12-14H,10-11H2,1-4H3,(H,29,30,32). The maximum Gasteiger partial charge on any atom is 0.416 e. The van der Waals surface area contributed by atoms with Crippen LogP contribution in [-0.2, 0) is 10.9 Å². The van der Waals surface area contributed by atoms with Crippen molar-refractivity contribution in [2.45, 2.75) is 52.2 Å². The summed E-state index contributed by atoms with van der Waals surface area (Å²) >= 11 is 0. The van der Waals surface area contributed by atoms with Gasteiger partial charge in [0.15, 0.2) is 0 Å². The molecule has 3 unspecified atom stereocenters. The number of carbonyl (C=O) groups is 1. The van der Waals surface area contributed by atoms with Gasteiger partial charge in [-0.1, -0.05) is 0 Å². The van der Waals surface area contributed by atoms with E-state index in [1.807, 2.05) is 13.8 Å². The summed E-state index contributed by atoms with van der Waals surface area (Å²) in [5.74, 6) is 0.138. The minimum absolute atomic E-state index is 0.0297. The number of morpholine rings is 1. The van der Waals surface area contributed by atoms with E-state index in [2.05, 4.69) is 15.0 Å². The summed E-state index contributed by atoms with van der Waals surface area (Å²) in [6, 6.07) is 4.96. The Kier molecular flexibility index (Phi) is 6.54. The molecule has 0 saturated carbocycles. The molecule has 0 spiro atoms. The van der Waals surface area contributed by atoms with Gasteiger partial charge in [0.25, 0.3) is 11.5 Å². The van der Waals surface area contributed by atoms with E-state index in [4.69, 9.17) is 9.47 Å². The average Bonchev–Trinajstić information content (AvgIpc) is 2.77. The zero-order chi connectivity index (χ0) is 25.5. The molecule has 1 aliphatic rings. The molecule has 4 rings (SSSR count). The number of carbonyl (C=O) groups excluding carboxylic acids is 1. The molecule has 1 saturated heterocycles. The maximum atomic E-state index is 13.8. The van der Waals surface area contributed by atoms with E-state index >= 15 is 0 Å². The summed E-state index contributed by atoms with van der Waals surface area (Å²) in [6.45, 7) is 7.59. The maximum absolute atomic E-state index is 13.8. The fourth-order valence-electron chi connectivity index (χ4n) is 4.25. The number of nitrogens with one attached hydrogen (secondary N) is 1. The summed E-state index contributed by atoms with van der Waals surface area (Å²) in [6.07, 6.45) is -4.64. The number of halogens is 3. The van der Waals surface area contributed by atoms with Crippen LogP contribution < -0.4 is 10.3 Å². The Morgan fingerprint density at radius 1 is 1.23 bits per heavy atom. The number of amides is 1. The zero-order valence-corrected chi connectivity index (χ0v) is 19.6. The van der Waals surface area contributed by atoms with Gasteiger partial charge in [-0.2, -0.15) is 13.2 Å². The number of aromatic amines is 1. The van der Waals surface area contributed by atoms with Crippen LogP contribution in [0.4, 0.5) is 13.2 Å². The van der Waals surface area contributed by atoms with Crippen LogP contribution >= 0.6 is 0 Å². The molecule has 1 aliphatic heterocycles. The van der Waals surface area contributed by atoms with Crippen LogP contribution in [0.1, 0.15) is 54.3 Å². The van der Waals surface area contributed by atoms with Crippen LogP contribution in [-0.4, -0.2) is 51.1 Å². The lowest BCUT2D eigenvalue weighted by Crippen LogP contribution is -2.48. The Morgan fingerprint density at radius 2 is 1.91 bits per heavy atom. The van der Waals surface area contributed by atoms with Gasteiger partial charge in [0.05, 0.1) is 34.9 Å². The molecule has 0 aliphatic carbocycles. The van der Waals surface area contributed by atoms with Gasteiger partial charge in [0, 0.05) is 18.7 Å². The molecule has 8 nitrogen and oxygen atoms in total. The third-order valence-corrected chi connectivity index (χ3v) is 5.71. The number of alkyl halides is 3. The van der Waals surface area contributed by atoms with Crippen LogP contribution in [0, 0.1) is 6.92 Å². The number of benzene rings is 1. The number of rotatable bonds is 4. The SMILES string of the molecule is Cc1nc2cc(C(F)(F)F)c(C(C)Oc3ccc(C(=O)N4CC(C)OC(C)C4)nc3)cc2c(=O)[nH]1. The van der Waals surface area contributed by atoms with Gasteiger partial charge in [0.2, 0.25) is 0 Å². The van der Waals surface area contributed by atoms with Crippen molar-refractivity contribution in [3.8, 4) is 5.75 Å². The smallest absolute Gasteiger partial charge is 0.416 e. The Bertz CT molecular complexity index is 1300. The highest BCUT2D eigenvalue weighted by Crippen LogP contribution is 2.37. The third-order valence-electron chi connectivity index (χ3n) is 5.71. The van der Waals surface area contributed by atoms with E-state index in [1.165, 1.54) is 32.2 Å². The van der Waals surface area contributed by atoms with Gasteiger partial charge in [-0.25, -0.2) is 9.97 Å². The van der Waals surface area contributed by atoms with Gasteiger partial charge in [0.1, 0.15) is 23.4 Å². The average molecular weight is 490 g/mol. The summed E-state index contributed by atoms with van der Waals surface area (Å²) in [5, 5.41) is 0.0297. The first kappa shape index (κ1) is 24.6. The molecular weight excluding hydrogens is 465 g/mol. The number of hydrogen-bond donors (Lipinski definition) is 1. The van der Waals surface area contributed by atoms with E-state index in [0.29, 0.717) is 13.1 Å². The molecular formula is C24H25F3N4O4. The number of H-pyrrole nitrogens is 1. The Balaban J connectivity index is 1.59. The van der Waals surface area contributed by atoms with Gasteiger partial charge in [-0.05, 0) is 52.0 Å². The van der Waals surface area contributed by atoms with Gasteiger partial charge < -0.3 is 19.4 Å². The molecule has 186 valence electrons. The van der Waals surface area contributed by atoms with Crippen molar-refractivity contribution in [1.82, 2.24) is 19.9 Å². The highest BCUT2D eigenvalue weighted by Gasteiger charge is 2.36. The first-order chi connectivity index (χ1) is 16.4. The molecule has 3 heterocycles. The summed E-state index contributed by atoms with van der Waals surface area (Å²) in [4.78, 5) is 37.4. The van der Waals surface area contributed by atoms with Crippen LogP contribution in [0.3, 0.4) is 0 Å². The molecule has 35 heavy (non-hydrogen) atoms. The first-order valence-electron chi connectivity index (χ1n) is 11.1. The van der Waals surface area contributed by atoms with E-state index in [9.17, 15) is 22.8 Å². The van der Waals surface area contributed by atoms with Crippen molar-refractivity contribution >= 4 is 16.8 Å². The van der Waals surface area contributed by atoms with Crippen LogP contribution in [0.5, 0.6) is 5.75 Å². The summed E-state index contributed by atoms with van der Waals surface area (Å²) in [7, 11) is 0. The Morgan fingerprint density at radius 3 is 2.51 bits per heavy atom. The number of hydrogen-bond acceptors (Lipinski definition) is 6. The van der Waals surface area contributed by atoms with Gasteiger partial charge >= 0.3 is 6.18 Å². The van der Waals surface area contributed by atoms with Crippen molar-refractivity contribution in [3.63, 3.8) is 0 Å². The molecule has 3 aromatic rings. The second-order valence-electron chi connectivity index (χ2n) is 8.71. The van der Waals surface area contributed by atoms with Crippen molar-refractivity contribution in [3.05, 3.63) is 63.5 Å². The number of nitrogens with zero attached hydrogens (tertiary/aromatic N) is 3. The molecule has 1 aromatic carbocycles. The summed E-state index contributed by atoms with van der Waals surface area (Å²) < 4.78 is 52.8. The second-order valence-corrected chi connectivity index (χ2v) is 8.71. The first-order valence-corrected chi connectivity index (χ1v) is 11.1. The van der Waals surface area contributed by atoms with Crippen molar-refractivity contribution in [1.29, 1.82) is 0 Å². The van der Waals surface area contributed by atoms with Gasteiger partial charge in [-0.3, -0.25) is 9.59 Å². The van der Waals surface area contributed by atoms with Crippen molar-refractivity contribution in [2.24, 2.45) is 0 Å². The number of aryl methyl sites for hydroxylation is 1. The third kappa shape index (κ3) is 5.29. The largest absolute Gasteiger partial charge is 0.484 e. The molecule has 2 aromatic heterocycles. The highest BCUT2D eigenvalue weighted by atomic mass is 19.4. The lowest BCUT2D eigenvalue weighted by Gasteiger charge is -2.35. The molecule has 1 N–H and O–H groups in total. The molecule has 0 bridgehead atoms. The number of fused-ring (bicyclic) bond motifs is 1.